The largest absolute Gasteiger partial charge is 0.329 e. The zero-order valence-electron chi connectivity index (χ0n) is 7.84. The van der Waals surface area contributed by atoms with E-state index in [0.29, 0.717) is 0 Å². The smallest absolute Gasteiger partial charge is 0.0124 e. The summed E-state index contributed by atoms with van der Waals surface area (Å²) in [6.45, 7) is 3.27. The second-order valence-electron chi connectivity index (χ2n) is 4.23. The summed E-state index contributed by atoms with van der Waals surface area (Å²) in [6.07, 6.45) is 7.25. The van der Waals surface area contributed by atoms with Gasteiger partial charge in [-0.2, -0.15) is 0 Å². The van der Waals surface area contributed by atoms with Gasteiger partial charge in [-0.05, 0) is 38.1 Å². The van der Waals surface area contributed by atoms with Gasteiger partial charge in [0, 0.05) is 19.1 Å². The molecule has 0 unspecified atom stereocenters. The topological polar surface area (TPSA) is 29.3 Å². The van der Waals surface area contributed by atoms with Crippen molar-refractivity contribution in [1.29, 1.82) is 0 Å². The molecule has 12 heavy (non-hydrogen) atoms. The fourth-order valence-electron chi connectivity index (χ4n) is 3.00. The number of piperidine rings is 1. The molecule has 2 atom stereocenters. The summed E-state index contributed by atoms with van der Waals surface area (Å²) < 4.78 is 0. The summed E-state index contributed by atoms with van der Waals surface area (Å²) in [6, 6.07) is 0.905. The second-order valence-corrected chi connectivity index (χ2v) is 4.23. The van der Waals surface area contributed by atoms with Gasteiger partial charge in [-0.15, -0.1) is 0 Å². The Bertz CT molecular complexity index is 145. The molecule has 1 aliphatic heterocycles. The summed E-state index contributed by atoms with van der Waals surface area (Å²) in [5.41, 5.74) is 5.60. The minimum Gasteiger partial charge on any atom is -0.329 e. The van der Waals surface area contributed by atoms with Crippen molar-refractivity contribution in [1.82, 2.24) is 4.90 Å². The Kier molecular flexibility index (Phi) is 2.66. The van der Waals surface area contributed by atoms with Gasteiger partial charge in [0.05, 0.1) is 0 Å². The fourth-order valence-corrected chi connectivity index (χ4v) is 3.00. The summed E-state index contributed by atoms with van der Waals surface area (Å²) in [7, 11) is 0. The Balaban J connectivity index is 1.94. The number of fused-ring (bicyclic) bond motifs is 1. The third kappa shape index (κ3) is 1.50. The van der Waals surface area contributed by atoms with Gasteiger partial charge < -0.3 is 5.73 Å². The zero-order valence-corrected chi connectivity index (χ0v) is 7.84. The van der Waals surface area contributed by atoms with Crippen molar-refractivity contribution in [3.8, 4) is 0 Å². The molecule has 2 fully saturated rings. The van der Waals surface area contributed by atoms with Gasteiger partial charge >= 0.3 is 0 Å². The van der Waals surface area contributed by atoms with E-state index < -0.39 is 0 Å². The van der Waals surface area contributed by atoms with Crippen molar-refractivity contribution in [3.05, 3.63) is 0 Å². The van der Waals surface area contributed by atoms with Crippen LogP contribution in [0.3, 0.4) is 0 Å². The molecule has 0 aromatic rings. The van der Waals surface area contributed by atoms with Crippen molar-refractivity contribution in [2.45, 2.75) is 38.1 Å². The Morgan fingerprint density at radius 1 is 1.17 bits per heavy atom. The van der Waals surface area contributed by atoms with Crippen LogP contribution in [0, 0.1) is 5.92 Å². The maximum atomic E-state index is 5.60. The van der Waals surface area contributed by atoms with E-state index in [1.165, 1.54) is 38.6 Å². The first-order valence-electron chi connectivity index (χ1n) is 5.36. The molecule has 2 N–H and O–H groups in total. The first-order valence-corrected chi connectivity index (χ1v) is 5.36. The van der Waals surface area contributed by atoms with Crippen molar-refractivity contribution in [2.75, 3.05) is 19.6 Å². The SMILES string of the molecule is NCCN1CCC[C@H]2CCC[C@H]21. The van der Waals surface area contributed by atoms with Gasteiger partial charge in [-0.25, -0.2) is 0 Å². The lowest BCUT2D eigenvalue weighted by Crippen LogP contribution is -2.44. The van der Waals surface area contributed by atoms with Crippen LogP contribution in [-0.4, -0.2) is 30.6 Å². The molecule has 0 aromatic carbocycles. The highest BCUT2D eigenvalue weighted by Gasteiger charge is 2.34. The molecule has 1 saturated carbocycles. The van der Waals surface area contributed by atoms with Crippen LogP contribution in [-0.2, 0) is 0 Å². The maximum Gasteiger partial charge on any atom is 0.0124 e. The summed E-state index contributed by atoms with van der Waals surface area (Å²) in [5.74, 6) is 1.02. The maximum absolute atomic E-state index is 5.60. The normalized spacial score (nSPS) is 36.8. The Labute approximate surface area is 75.1 Å². The quantitative estimate of drug-likeness (QED) is 0.671. The van der Waals surface area contributed by atoms with Crippen LogP contribution < -0.4 is 5.73 Å². The van der Waals surface area contributed by atoms with Crippen molar-refractivity contribution in [2.24, 2.45) is 11.7 Å². The number of nitrogens with two attached hydrogens (primary N) is 1. The lowest BCUT2D eigenvalue weighted by atomic mass is 9.92. The minimum atomic E-state index is 0.837. The van der Waals surface area contributed by atoms with Crippen molar-refractivity contribution < 1.29 is 0 Å². The molecule has 0 amide bonds. The highest BCUT2D eigenvalue weighted by atomic mass is 15.2. The van der Waals surface area contributed by atoms with Gasteiger partial charge in [0.15, 0.2) is 0 Å². The van der Waals surface area contributed by atoms with Gasteiger partial charge in [0.1, 0.15) is 0 Å². The molecule has 2 nitrogen and oxygen atoms in total. The van der Waals surface area contributed by atoms with Crippen LogP contribution in [0.1, 0.15) is 32.1 Å². The molecule has 70 valence electrons. The summed E-state index contributed by atoms with van der Waals surface area (Å²) >= 11 is 0. The fraction of sp³-hybridized carbons (Fsp3) is 1.00. The monoisotopic (exact) mass is 168 g/mol. The second kappa shape index (κ2) is 3.75. The third-order valence-corrected chi connectivity index (χ3v) is 3.52. The van der Waals surface area contributed by atoms with Crippen LogP contribution in [0.5, 0.6) is 0 Å². The zero-order chi connectivity index (χ0) is 8.39. The Hall–Kier alpha value is -0.0800. The molecule has 0 bridgehead atoms. The average Bonchev–Trinajstić information content (AvgIpc) is 2.53. The lowest BCUT2D eigenvalue weighted by molar-refractivity contribution is 0.117. The number of rotatable bonds is 2. The van der Waals surface area contributed by atoms with E-state index in [0.717, 1.165) is 25.0 Å². The van der Waals surface area contributed by atoms with Gasteiger partial charge in [0.25, 0.3) is 0 Å². The van der Waals surface area contributed by atoms with Crippen molar-refractivity contribution >= 4 is 0 Å². The van der Waals surface area contributed by atoms with Gasteiger partial charge in [-0.1, -0.05) is 6.42 Å². The molecular formula is C10H20N2. The van der Waals surface area contributed by atoms with E-state index in [1.54, 1.807) is 0 Å². The van der Waals surface area contributed by atoms with E-state index in [4.69, 9.17) is 5.73 Å². The number of hydrogen-bond acceptors (Lipinski definition) is 2. The molecule has 2 aliphatic rings. The van der Waals surface area contributed by atoms with Crippen LogP contribution >= 0.6 is 0 Å². The minimum absolute atomic E-state index is 0.837. The van der Waals surface area contributed by atoms with Crippen LogP contribution in [0.2, 0.25) is 0 Å². The molecule has 0 aromatic heterocycles. The molecule has 1 heterocycles. The Morgan fingerprint density at radius 3 is 2.83 bits per heavy atom. The predicted octanol–water partition coefficient (Wildman–Crippen LogP) is 1.21. The molecule has 1 saturated heterocycles. The number of likely N-dealkylation sites (tertiary alicyclic amines) is 1. The van der Waals surface area contributed by atoms with E-state index in [1.807, 2.05) is 0 Å². The number of nitrogens with zero attached hydrogens (tertiary/aromatic N) is 1. The van der Waals surface area contributed by atoms with Crippen molar-refractivity contribution in [3.63, 3.8) is 0 Å². The molecular weight excluding hydrogens is 148 g/mol. The van der Waals surface area contributed by atoms with Crippen LogP contribution in [0.15, 0.2) is 0 Å². The first kappa shape index (κ1) is 8.52. The predicted molar refractivity (Wildman–Crippen MR) is 51.0 cm³/mol. The Morgan fingerprint density at radius 2 is 2.00 bits per heavy atom. The summed E-state index contributed by atoms with van der Waals surface area (Å²) in [5, 5.41) is 0. The summed E-state index contributed by atoms with van der Waals surface area (Å²) in [4.78, 5) is 2.63. The van der Waals surface area contributed by atoms with E-state index in [-0.39, 0.29) is 0 Å². The van der Waals surface area contributed by atoms with Gasteiger partial charge in [-0.3, -0.25) is 4.90 Å². The van der Waals surface area contributed by atoms with E-state index in [2.05, 4.69) is 4.90 Å². The molecule has 2 heteroatoms. The van der Waals surface area contributed by atoms with E-state index >= 15 is 0 Å². The highest BCUT2D eigenvalue weighted by Crippen LogP contribution is 2.36. The standard InChI is InChI=1S/C10H20N2/c11-6-8-12-7-2-4-9-3-1-5-10(9)12/h9-10H,1-8,11H2/t9-,10-/m1/s1. The van der Waals surface area contributed by atoms with Gasteiger partial charge in [0.2, 0.25) is 0 Å². The van der Waals surface area contributed by atoms with Crippen LogP contribution in [0.4, 0.5) is 0 Å². The molecule has 0 radical (unpaired) electrons. The molecule has 2 rings (SSSR count). The highest BCUT2D eigenvalue weighted by molar-refractivity contribution is 4.88. The average molecular weight is 168 g/mol. The van der Waals surface area contributed by atoms with E-state index in [9.17, 15) is 0 Å². The van der Waals surface area contributed by atoms with Crippen LogP contribution in [0.25, 0.3) is 0 Å². The molecule has 0 spiro atoms. The number of hydrogen-bond donors (Lipinski definition) is 1. The first-order chi connectivity index (χ1) is 5.92. The molecule has 1 aliphatic carbocycles. The third-order valence-electron chi connectivity index (χ3n) is 3.52. The lowest BCUT2D eigenvalue weighted by Gasteiger charge is -2.37.